The summed E-state index contributed by atoms with van der Waals surface area (Å²) in [5.41, 5.74) is 9.46. The molecule has 106 valence electrons. The Morgan fingerprint density at radius 1 is 1.10 bits per heavy atom. The second-order valence-corrected chi connectivity index (χ2v) is 5.83. The van der Waals surface area contributed by atoms with Gasteiger partial charge in [-0.15, -0.1) is 0 Å². The number of nitrogens with two attached hydrogens (primary N) is 1. The molecule has 0 saturated carbocycles. The summed E-state index contributed by atoms with van der Waals surface area (Å²) >= 11 is 0. The number of methoxy groups -OCH3 is 1. The first kappa shape index (κ1) is 14.5. The third-order valence-corrected chi connectivity index (χ3v) is 3.33. The Kier molecular flexibility index (Phi) is 4.04. The Bertz CT molecular complexity index is 573. The van der Waals surface area contributed by atoms with Crippen LogP contribution in [0.4, 0.5) is 0 Å². The first-order valence-electron chi connectivity index (χ1n) is 6.64. The predicted molar refractivity (Wildman–Crippen MR) is 79.8 cm³/mol. The summed E-state index contributed by atoms with van der Waals surface area (Å²) in [6, 6.07) is 9.84. The van der Waals surface area contributed by atoms with Gasteiger partial charge in [-0.1, -0.05) is 45.0 Å². The summed E-state index contributed by atoms with van der Waals surface area (Å²) in [6.07, 6.45) is 1.47. The van der Waals surface area contributed by atoms with E-state index in [0.717, 1.165) is 11.3 Å². The van der Waals surface area contributed by atoms with Crippen molar-refractivity contribution in [1.82, 2.24) is 9.97 Å². The van der Waals surface area contributed by atoms with Gasteiger partial charge in [0.2, 0.25) is 5.88 Å². The minimum absolute atomic E-state index is 0.140. The molecule has 0 radical (unpaired) electrons. The average Bonchev–Trinajstić information content (AvgIpc) is 2.46. The molecule has 0 spiro atoms. The fourth-order valence-electron chi connectivity index (χ4n) is 2.00. The first-order valence-corrected chi connectivity index (χ1v) is 6.64. The summed E-state index contributed by atoms with van der Waals surface area (Å²) < 4.78 is 5.10. The average molecular weight is 271 g/mol. The van der Waals surface area contributed by atoms with Crippen LogP contribution in [-0.2, 0) is 5.41 Å². The maximum Gasteiger partial charge on any atom is 0.216 e. The number of ether oxygens (including phenoxy) is 1. The minimum Gasteiger partial charge on any atom is -0.481 e. The van der Waals surface area contributed by atoms with Crippen molar-refractivity contribution in [2.75, 3.05) is 7.11 Å². The number of nitrogens with zero attached hydrogens (tertiary/aromatic N) is 2. The molecule has 0 aliphatic heterocycles. The highest BCUT2D eigenvalue weighted by atomic mass is 16.5. The number of benzene rings is 1. The Morgan fingerprint density at radius 2 is 1.75 bits per heavy atom. The van der Waals surface area contributed by atoms with Crippen LogP contribution < -0.4 is 10.5 Å². The van der Waals surface area contributed by atoms with E-state index in [4.69, 9.17) is 10.5 Å². The van der Waals surface area contributed by atoms with Crippen molar-refractivity contribution in [3.05, 3.63) is 53.5 Å². The Hall–Kier alpha value is -1.94. The Morgan fingerprint density at radius 3 is 2.30 bits per heavy atom. The molecule has 1 atom stereocenters. The second kappa shape index (κ2) is 5.59. The van der Waals surface area contributed by atoms with E-state index in [1.165, 1.54) is 11.9 Å². The van der Waals surface area contributed by atoms with Crippen molar-refractivity contribution in [3.63, 3.8) is 0 Å². The lowest BCUT2D eigenvalue weighted by Crippen LogP contribution is -2.15. The highest BCUT2D eigenvalue weighted by molar-refractivity contribution is 5.33. The molecular weight excluding hydrogens is 250 g/mol. The quantitative estimate of drug-likeness (QED) is 0.932. The highest BCUT2D eigenvalue weighted by Crippen LogP contribution is 2.25. The molecule has 1 unspecified atom stereocenters. The zero-order chi connectivity index (χ0) is 14.8. The summed E-state index contributed by atoms with van der Waals surface area (Å²) in [7, 11) is 1.58. The minimum atomic E-state index is -0.277. The van der Waals surface area contributed by atoms with Crippen molar-refractivity contribution >= 4 is 0 Å². The molecule has 1 aromatic carbocycles. The van der Waals surface area contributed by atoms with Crippen molar-refractivity contribution in [3.8, 4) is 5.88 Å². The molecule has 1 aromatic heterocycles. The van der Waals surface area contributed by atoms with Gasteiger partial charge in [0.15, 0.2) is 0 Å². The van der Waals surface area contributed by atoms with Gasteiger partial charge in [-0.25, -0.2) is 9.97 Å². The Balaban J connectivity index is 2.26. The molecule has 0 fully saturated rings. The van der Waals surface area contributed by atoms with Gasteiger partial charge >= 0.3 is 0 Å². The van der Waals surface area contributed by atoms with E-state index in [1.807, 2.05) is 0 Å². The van der Waals surface area contributed by atoms with E-state index in [1.54, 1.807) is 13.2 Å². The largest absolute Gasteiger partial charge is 0.481 e. The van der Waals surface area contributed by atoms with Gasteiger partial charge in [0.05, 0.1) is 18.8 Å². The predicted octanol–water partition coefficient (Wildman–Crippen LogP) is 2.83. The number of hydrogen-bond acceptors (Lipinski definition) is 4. The molecule has 4 nitrogen and oxygen atoms in total. The summed E-state index contributed by atoms with van der Waals surface area (Å²) in [6.45, 7) is 6.58. The van der Waals surface area contributed by atoms with Crippen molar-refractivity contribution in [2.24, 2.45) is 5.73 Å². The normalized spacial score (nSPS) is 13.1. The lowest BCUT2D eigenvalue weighted by Gasteiger charge is -2.20. The van der Waals surface area contributed by atoms with Crippen LogP contribution >= 0.6 is 0 Å². The van der Waals surface area contributed by atoms with Gasteiger partial charge in [-0.3, -0.25) is 0 Å². The zero-order valence-corrected chi connectivity index (χ0v) is 12.4. The molecule has 1 heterocycles. The van der Waals surface area contributed by atoms with Gasteiger partial charge in [0, 0.05) is 6.07 Å². The highest BCUT2D eigenvalue weighted by Gasteiger charge is 2.15. The van der Waals surface area contributed by atoms with Gasteiger partial charge in [0.25, 0.3) is 0 Å². The number of rotatable bonds is 3. The second-order valence-electron chi connectivity index (χ2n) is 5.83. The molecular formula is C16H21N3O. The van der Waals surface area contributed by atoms with Gasteiger partial charge < -0.3 is 10.5 Å². The van der Waals surface area contributed by atoms with Crippen LogP contribution in [-0.4, -0.2) is 17.1 Å². The molecule has 0 bridgehead atoms. The maximum atomic E-state index is 6.25. The smallest absolute Gasteiger partial charge is 0.216 e. The van der Waals surface area contributed by atoms with Crippen LogP contribution in [0, 0.1) is 0 Å². The first-order chi connectivity index (χ1) is 9.41. The molecule has 2 aromatic rings. The van der Waals surface area contributed by atoms with Crippen LogP contribution in [0.15, 0.2) is 36.7 Å². The number of aromatic nitrogens is 2. The van der Waals surface area contributed by atoms with E-state index in [0.29, 0.717) is 5.88 Å². The van der Waals surface area contributed by atoms with Crippen molar-refractivity contribution < 1.29 is 4.74 Å². The summed E-state index contributed by atoms with van der Waals surface area (Å²) in [5.74, 6) is 0.525. The van der Waals surface area contributed by atoms with E-state index in [9.17, 15) is 0 Å². The van der Waals surface area contributed by atoms with Gasteiger partial charge in [-0.2, -0.15) is 0 Å². The monoisotopic (exact) mass is 271 g/mol. The number of hydrogen-bond donors (Lipinski definition) is 1. The fourth-order valence-corrected chi connectivity index (χ4v) is 2.00. The van der Waals surface area contributed by atoms with E-state index in [-0.39, 0.29) is 11.5 Å². The lowest BCUT2D eigenvalue weighted by molar-refractivity contribution is 0.395. The van der Waals surface area contributed by atoms with Crippen LogP contribution in [0.25, 0.3) is 0 Å². The summed E-state index contributed by atoms with van der Waals surface area (Å²) in [4.78, 5) is 8.21. The molecule has 2 rings (SSSR count). The third-order valence-electron chi connectivity index (χ3n) is 3.33. The SMILES string of the molecule is COc1cc(C(N)c2ccc(C(C)(C)C)cc2)ncn1. The standard InChI is InChI=1S/C16H21N3O/c1-16(2,3)12-7-5-11(6-8-12)15(17)13-9-14(20-4)19-10-18-13/h5-10,15H,17H2,1-4H3. The van der Waals surface area contributed by atoms with E-state index < -0.39 is 0 Å². The maximum absolute atomic E-state index is 6.25. The topological polar surface area (TPSA) is 61.0 Å². The lowest BCUT2D eigenvalue weighted by atomic mass is 9.86. The molecule has 2 N–H and O–H groups in total. The van der Waals surface area contributed by atoms with Gasteiger partial charge in [-0.05, 0) is 16.5 Å². The molecule has 0 aliphatic carbocycles. The molecule has 0 amide bonds. The molecule has 4 heteroatoms. The summed E-state index contributed by atoms with van der Waals surface area (Å²) in [5, 5.41) is 0. The van der Waals surface area contributed by atoms with Crippen molar-refractivity contribution in [1.29, 1.82) is 0 Å². The fraction of sp³-hybridized carbons (Fsp3) is 0.375. The van der Waals surface area contributed by atoms with Crippen LogP contribution in [0.1, 0.15) is 43.6 Å². The van der Waals surface area contributed by atoms with E-state index in [2.05, 4.69) is 55.0 Å². The molecule has 20 heavy (non-hydrogen) atoms. The third kappa shape index (κ3) is 3.14. The van der Waals surface area contributed by atoms with E-state index >= 15 is 0 Å². The molecule has 0 saturated heterocycles. The van der Waals surface area contributed by atoms with Gasteiger partial charge in [0.1, 0.15) is 6.33 Å². The Labute approximate surface area is 120 Å². The molecule has 0 aliphatic rings. The van der Waals surface area contributed by atoms with Crippen molar-refractivity contribution in [2.45, 2.75) is 32.2 Å². The van der Waals surface area contributed by atoms with Crippen LogP contribution in [0.2, 0.25) is 0 Å². The zero-order valence-electron chi connectivity index (χ0n) is 12.4. The van der Waals surface area contributed by atoms with Crippen LogP contribution in [0.3, 0.4) is 0 Å². The van der Waals surface area contributed by atoms with Crippen LogP contribution in [0.5, 0.6) is 5.88 Å².